The van der Waals surface area contributed by atoms with Crippen LogP contribution in [0.3, 0.4) is 0 Å². The highest BCUT2D eigenvalue weighted by Gasteiger charge is 2.53. The fourth-order valence-corrected chi connectivity index (χ4v) is 15.6. The Labute approximate surface area is 440 Å². The van der Waals surface area contributed by atoms with Crippen LogP contribution in [0.15, 0.2) is 267 Å². The van der Waals surface area contributed by atoms with E-state index in [0.717, 1.165) is 0 Å². The Morgan fingerprint density at radius 1 is 0.158 bits per heavy atom. The molecule has 14 aromatic carbocycles. The molecule has 14 aromatic rings. The zero-order valence-electron chi connectivity index (χ0n) is 41.4. The minimum Gasteiger partial charge on any atom is -0.0619 e. The Kier molecular flexibility index (Phi) is 7.82. The first-order valence-corrected chi connectivity index (χ1v) is 26.8. The molecule has 0 aliphatic heterocycles. The highest BCUT2D eigenvalue weighted by molar-refractivity contribution is 6.40. The monoisotopic (exact) mass is 956 g/mol. The highest BCUT2D eigenvalue weighted by Crippen LogP contribution is 2.65. The molecule has 0 atom stereocenters. The number of benzene rings is 14. The summed E-state index contributed by atoms with van der Waals surface area (Å²) in [6, 6.07) is 102. The normalized spacial score (nSPS) is 14.3. The van der Waals surface area contributed by atoms with E-state index in [2.05, 4.69) is 267 Å². The van der Waals surface area contributed by atoms with Gasteiger partial charge in [0.15, 0.2) is 0 Å². The van der Waals surface area contributed by atoms with E-state index < -0.39 is 10.8 Å². The molecule has 76 heavy (non-hydrogen) atoms. The van der Waals surface area contributed by atoms with E-state index in [1.54, 1.807) is 0 Å². The minimum absolute atomic E-state index is 0.406. The van der Waals surface area contributed by atoms with Crippen LogP contribution in [-0.2, 0) is 10.8 Å². The summed E-state index contributed by atoms with van der Waals surface area (Å²) in [6.07, 6.45) is 0. The third-order valence-electron chi connectivity index (χ3n) is 18.5. The van der Waals surface area contributed by atoms with Crippen LogP contribution < -0.4 is 0 Å². The molecule has 0 radical (unpaired) electrons. The largest absolute Gasteiger partial charge is 0.0725 e. The molecule has 0 nitrogen and oxygen atoms in total. The summed E-state index contributed by atoms with van der Waals surface area (Å²) >= 11 is 0. The first kappa shape index (κ1) is 40.8. The maximum atomic E-state index is 2.53. The van der Waals surface area contributed by atoms with Gasteiger partial charge in [0, 0.05) is 0 Å². The van der Waals surface area contributed by atoms with Crippen molar-refractivity contribution in [3.8, 4) is 66.8 Å². The SMILES string of the molecule is c1ccc2c(c1)-c1ccccc1C21c2ccccc2-c2ccc(-c3ccc4c5ccccc5c5c6cc(-c7ccc8c(c7)C7(c9ccccc9-c9ccccc97)c7ccccc7-8)ccc6c6ccccc6c5c4c3)cc21. The van der Waals surface area contributed by atoms with Gasteiger partial charge < -0.3 is 0 Å². The van der Waals surface area contributed by atoms with Gasteiger partial charge in [0.25, 0.3) is 0 Å². The molecule has 2 spiro atoms. The Morgan fingerprint density at radius 3 is 0.724 bits per heavy atom. The molecule has 0 saturated carbocycles. The van der Waals surface area contributed by atoms with Crippen LogP contribution in [-0.4, -0.2) is 0 Å². The molecule has 4 aliphatic carbocycles. The van der Waals surface area contributed by atoms with Crippen molar-refractivity contribution in [2.75, 3.05) is 0 Å². The Hall–Kier alpha value is -9.62. The molecule has 0 heterocycles. The van der Waals surface area contributed by atoms with E-state index in [-0.39, 0.29) is 0 Å². The topological polar surface area (TPSA) is 0 Å². The molecule has 0 heteroatoms. The maximum Gasteiger partial charge on any atom is 0.0725 e. The van der Waals surface area contributed by atoms with Crippen LogP contribution >= 0.6 is 0 Å². The van der Waals surface area contributed by atoms with Gasteiger partial charge in [-0.25, -0.2) is 0 Å². The van der Waals surface area contributed by atoms with E-state index in [1.807, 2.05) is 0 Å². The second kappa shape index (κ2) is 14.6. The van der Waals surface area contributed by atoms with E-state index in [9.17, 15) is 0 Å². The van der Waals surface area contributed by atoms with Gasteiger partial charge in [-0.15, -0.1) is 0 Å². The van der Waals surface area contributed by atoms with Gasteiger partial charge in [0.05, 0.1) is 10.8 Å². The lowest BCUT2D eigenvalue weighted by atomic mass is 9.70. The van der Waals surface area contributed by atoms with Gasteiger partial charge in [-0.1, -0.05) is 243 Å². The number of rotatable bonds is 2. The Morgan fingerprint density at radius 2 is 0.395 bits per heavy atom. The summed E-state index contributed by atoms with van der Waals surface area (Å²) in [5.74, 6) is 0. The molecule has 18 rings (SSSR count). The molecule has 348 valence electrons. The summed E-state index contributed by atoms with van der Waals surface area (Å²) in [4.78, 5) is 0. The Bertz CT molecular complexity index is 4510. The Balaban J connectivity index is 0.878. The second-order valence-electron chi connectivity index (χ2n) is 21.7. The molecular formula is C76H44. The summed E-state index contributed by atoms with van der Waals surface area (Å²) in [5.41, 5.74) is 25.6. The fraction of sp³-hybridized carbons (Fsp3) is 0.0263. The van der Waals surface area contributed by atoms with E-state index in [1.165, 1.54) is 165 Å². The van der Waals surface area contributed by atoms with Gasteiger partial charge in [0.2, 0.25) is 0 Å². The van der Waals surface area contributed by atoms with Gasteiger partial charge >= 0.3 is 0 Å². The van der Waals surface area contributed by atoms with Crippen molar-refractivity contribution in [2.24, 2.45) is 0 Å². The molecule has 0 N–H and O–H groups in total. The summed E-state index contributed by atoms with van der Waals surface area (Å²) in [5, 5.41) is 12.8. The zero-order chi connectivity index (χ0) is 49.4. The lowest BCUT2D eigenvalue weighted by molar-refractivity contribution is 0.794. The standard InChI is InChI=1S/C76H44/c1-3-25-61-49(17-1)51-37-33-45(47-35-39-59-57-23-9-15-31-69(57)75(71(59)43-47)65-27-11-5-19-53(65)54-20-6-12-28-66(54)75)41-63(51)74-62-26-4-2-18-50(62)52-38-34-46(42-64(52)73(61)74)48-36-40-60-58-24-10-16-32-70(58)76(72(60)44-48)67-29-13-7-21-55(67)56-22-8-14-30-68(56)76/h1-44H. The van der Waals surface area contributed by atoms with Gasteiger partial charge in [-0.2, -0.15) is 0 Å². The molecule has 4 aliphatic rings. The van der Waals surface area contributed by atoms with Crippen LogP contribution in [0, 0.1) is 0 Å². The molecule has 0 aromatic heterocycles. The third-order valence-corrected chi connectivity index (χ3v) is 18.5. The van der Waals surface area contributed by atoms with Crippen molar-refractivity contribution in [3.05, 3.63) is 311 Å². The molecule has 0 saturated heterocycles. The maximum absolute atomic E-state index is 2.53. The van der Waals surface area contributed by atoms with E-state index in [4.69, 9.17) is 0 Å². The zero-order valence-corrected chi connectivity index (χ0v) is 41.4. The highest BCUT2D eigenvalue weighted by atomic mass is 14.5. The summed E-state index contributed by atoms with van der Waals surface area (Å²) < 4.78 is 0. The smallest absolute Gasteiger partial charge is 0.0619 e. The predicted molar refractivity (Wildman–Crippen MR) is 317 cm³/mol. The molecule has 0 fully saturated rings. The van der Waals surface area contributed by atoms with Crippen LogP contribution in [0.5, 0.6) is 0 Å². The average Bonchev–Trinajstić information content (AvgIpc) is 4.28. The van der Waals surface area contributed by atoms with Crippen molar-refractivity contribution in [1.82, 2.24) is 0 Å². The first-order valence-electron chi connectivity index (χ1n) is 26.8. The average molecular weight is 957 g/mol. The lowest BCUT2D eigenvalue weighted by Crippen LogP contribution is -2.25. The fourth-order valence-electron chi connectivity index (χ4n) is 15.6. The first-order chi connectivity index (χ1) is 37.7. The molecule has 0 unspecified atom stereocenters. The molecule has 0 amide bonds. The van der Waals surface area contributed by atoms with Crippen LogP contribution in [0.1, 0.15) is 44.5 Å². The summed E-state index contributed by atoms with van der Waals surface area (Å²) in [6.45, 7) is 0. The van der Waals surface area contributed by atoms with Crippen molar-refractivity contribution >= 4 is 53.9 Å². The van der Waals surface area contributed by atoms with Crippen molar-refractivity contribution in [1.29, 1.82) is 0 Å². The third kappa shape index (κ3) is 4.87. The van der Waals surface area contributed by atoms with Gasteiger partial charge in [-0.3, -0.25) is 0 Å². The predicted octanol–water partition coefficient (Wildman–Crippen LogP) is 19.5. The van der Waals surface area contributed by atoms with Gasteiger partial charge in [0.1, 0.15) is 0 Å². The second-order valence-corrected chi connectivity index (χ2v) is 21.7. The number of hydrogen-bond acceptors (Lipinski definition) is 0. The molecular weight excluding hydrogens is 913 g/mol. The number of fused-ring (bicyclic) bond motifs is 31. The van der Waals surface area contributed by atoms with Crippen molar-refractivity contribution < 1.29 is 0 Å². The summed E-state index contributed by atoms with van der Waals surface area (Å²) in [7, 11) is 0. The van der Waals surface area contributed by atoms with Crippen LogP contribution in [0.2, 0.25) is 0 Å². The molecule has 0 bridgehead atoms. The van der Waals surface area contributed by atoms with Crippen LogP contribution in [0.4, 0.5) is 0 Å². The van der Waals surface area contributed by atoms with Crippen molar-refractivity contribution in [2.45, 2.75) is 10.8 Å². The van der Waals surface area contributed by atoms with E-state index >= 15 is 0 Å². The van der Waals surface area contributed by atoms with E-state index in [0.29, 0.717) is 0 Å². The van der Waals surface area contributed by atoms with Crippen molar-refractivity contribution in [3.63, 3.8) is 0 Å². The lowest BCUT2D eigenvalue weighted by Gasteiger charge is -2.30. The van der Waals surface area contributed by atoms with Gasteiger partial charge in [-0.05, 0) is 189 Å². The quantitative estimate of drug-likeness (QED) is 0.152. The number of hydrogen-bond donors (Lipinski definition) is 0. The minimum atomic E-state index is -0.406. The van der Waals surface area contributed by atoms with Crippen LogP contribution in [0.25, 0.3) is 121 Å².